The van der Waals surface area contributed by atoms with Crippen LogP contribution >= 0.6 is 0 Å². The van der Waals surface area contributed by atoms with Crippen molar-refractivity contribution in [3.05, 3.63) is 59.2 Å². The summed E-state index contributed by atoms with van der Waals surface area (Å²) in [6, 6.07) is 15.0. The summed E-state index contributed by atoms with van der Waals surface area (Å²) in [5, 5.41) is 22.1. The molecule has 0 unspecified atom stereocenters. The molecule has 3 rings (SSSR count). The first-order chi connectivity index (χ1) is 12.1. The van der Waals surface area contributed by atoms with Crippen molar-refractivity contribution in [1.82, 2.24) is 4.90 Å². The molecule has 0 atom stereocenters. The summed E-state index contributed by atoms with van der Waals surface area (Å²) in [5.74, 6) is -0.252. The second-order valence-electron chi connectivity index (χ2n) is 6.42. The number of anilines is 1. The molecular weight excluding hydrogens is 314 g/mol. The lowest BCUT2D eigenvalue weighted by Gasteiger charge is -2.33. The Morgan fingerprint density at radius 2 is 2.00 bits per heavy atom. The van der Waals surface area contributed by atoms with E-state index in [2.05, 4.69) is 30.4 Å². The van der Waals surface area contributed by atoms with Gasteiger partial charge < -0.3 is 15.3 Å². The summed E-state index contributed by atoms with van der Waals surface area (Å²) < 4.78 is 0. The molecule has 0 saturated carbocycles. The van der Waals surface area contributed by atoms with Crippen LogP contribution in [-0.2, 0) is 0 Å². The Labute approximate surface area is 147 Å². The number of aryl methyl sites for hydroxylation is 1. The average Bonchev–Trinajstić information content (AvgIpc) is 2.62. The highest BCUT2D eigenvalue weighted by Gasteiger charge is 2.24. The Morgan fingerprint density at radius 1 is 1.24 bits per heavy atom. The fourth-order valence-electron chi connectivity index (χ4n) is 3.14. The molecule has 2 aromatic rings. The van der Waals surface area contributed by atoms with E-state index in [4.69, 9.17) is 5.26 Å². The molecule has 1 fully saturated rings. The molecule has 128 valence electrons. The molecule has 2 aromatic carbocycles. The lowest BCUT2D eigenvalue weighted by molar-refractivity contribution is 0.0718. The topological polar surface area (TPSA) is 76.4 Å². The molecule has 5 heteroatoms. The van der Waals surface area contributed by atoms with E-state index in [1.165, 1.54) is 17.7 Å². The summed E-state index contributed by atoms with van der Waals surface area (Å²) in [5.41, 5.74) is 2.93. The Kier molecular flexibility index (Phi) is 4.90. The predicted octanol–water partition coefficient (Wildman–Crippen LogP) is 3.29. The Bertz CT molecular complexity index is 818. The SMILES string of the molecule is Cc1cccc(NC2CCN(C(=O)c3ccc(C#N)c(O)c3)CC2)c1. The van der Waals surface area contributed by atoms with Crippen molar-refractivity contribution >= 4 is 11.6 Å². The van der Waals surface area contributed by atoms with Gasteiger partial charge in [-0.2, -0.15) is 5.26 Å². The highest BCUT2D eigenvalue weighted by Crippen LogP contribution is 2.22. The van der Waals surface area contributed by atoms with Crippen LogP contribution in [0.4, 0.5) is 5.69 Å². The lowest BCUT2D eigenvalue weighted by Crippen LogP contribution is -2.42. The number of hydrogen-bond acceptors (Lipinski definition) is 4. The van der Waals surface area contributed by atoms with Gasteiger partial charge in [-0.15, -0.1) is 0 Å². The highest BCUT2D eigenvalue weighted by molar-refractivity contribution is 5.95. The van der Waals surface area contributed by atoms with Crippen LogP contribution in [0, 0.1) is 18.3 Å². The van der Waals surface area contributed by atoms with Gasteiger partial charge in [0.05, 0.1) is 5.56 Å². The number of nitriles is 1. The number of rotatable bonds is 3. The zero-order valence-corrected chi connectivity index (χ0v) is 14.2. The number of likely N-dealkylation sites (tertiary alicyclic amines) is 1. The largest absolute Gasteiger partial charge is 0.507 e. The molecule has 0 aliphatic carbocycles. The Hall–Kier alpha value is -3.00. The van der Waals surface area contributed by atoms with Crippen LogP contribution < -0.4 is 5.32 Å². The maximum absolute atomic E-state index is 12.6. The van der Waals surface area contributed by atoms with Crippen molar-refractivity contribution in [2.45, 2.75) is 25.8 Å². The quantitative estimate of drug-likeness (QED) is 0.902. The van der Waals surface area contributed by atoms with Gasteiger partial charge in [-0.25, -0.2) is 0 Å². The van der Waals surface area contributed by atoms with E-state index in [-0.39, 0.29) is 17.2 Å². The van der Waals surface area contributed by atoms with Crippen LogP contribution in [0.2, 0.25) is 0 Å². The molecule has 1 saturated heterocycles. The number of amides is 1. The van der Waals surface area contributed by atoms with E-state index in [0.29, 0.717) is 24.7 Å². The van der Waals surface area contributed by atoms with E-state index in [9.17, 15) is 9.90 Å². The van der Waals surface area contributed by atoms with Crippen LogP contribution in [0.15, 0.2) is 42.5 Å². The molecule has 0 bridgehead atoms. The first-order valence-corrected chi connectivity index (χ1v) is 8.42. The van der Waals surface area contributed by atoms with Gasteiger partial charge >= 0.3 is 0 Å². The van der Waals surface area contributed by atoms with E-state index in [1.807, 2.05) is 12.1 Å². The number of nitrogens with zero attached hydrogens (tertiary/aromatic N) is 2. The molecule has 0 radical (unpaired) electrons. The van der Waals surface area contributed by atoms with Gasteiger partial charge in [0.2, 0.25) is 0 Å². The van der Waals surface area contributed by atoms with Gasteiger partial charge in [-0.05, 0) is 55.7 Å². The number of carbonyl (C=O) groups is 1. The number of aromatic hydroxyl groups is 1. The maximum atomic E-state index is 12.6. The third-order valence-electron chi connectivity index (χ3n) is 4.54. The van der Waals surface area contributed by atoms with Crippen LogP contribution in [0.3, 0.4) is 0 Å². The third-order valence-corrected chi connectivity index (χ3v) is 4.54. The smallest absolute Gasteiger partial charge is 0.253 e. The van der Waals surface area contributed by atoms with E-state index in [0.717, 1.165) is 18.5 Å². The lowest BCUT2D eigenvalue weighted by atomic mass is 10.0. The zero-order chi connectivity index (χ0) is 17.8. The summed E-state index contributed by atoms with van der Waals surface area (Å²) in [6.07, 6.45) is 1.75. The fourth-order valence-corrected chi connectivity index (χ4v) is 3.14. The molecule has 1 aliphatic rings. The van der Waals surface area contributed by atoms with Gasteiger partial charge in [0, 0.05) is 30.4 Å². The molecular formula is C20H21N3O2. The summed E-state index contributed by atoms with van der Waals surface area (Å²) in [7, 11) is 0. The van der Waals surface area contributed by atoms with E-state index in [1.54, 1.807) is 11.0 Å². The van der Waals surface area contributed by atoms with Crippen LogP contribution in [0.5, 0.6) is 5.75 Å². The number of piperidine rings is 1. The molecule has 0 aromatic heterocycles. The van der Waals surface area contributed by atoms with Crippen LogP contribution in [0.25, 0.3) is 0 Å². The molecule has 5 nitrogen and oxygen atoms in total. The van der Waals surface area contributed by atoms with Crippen LogP contribution in [-0.4, -0.2) is 35.0 Å². The number of nitrogens with one attached hydrogen (secondary N) is 1. The molecule has 1 aliphatic heterocycles. The van der Waals surface area contributed by atoms with Gasteiger partial charge in [0.15, 0.2) is 0 Å². The monoisotopic (exact) mass is 335 g/mol. The predicted molar refractivity (Wildman–Crippen MR) is 96.5 cm³/mol. The summed E-state index contributed by atoms with van der Waals surface area (Å²) >= 11 is 0. The number of carbonyl (C=O) groups excluding carboxylic acids is 1. The number of hydrogen-bond donors (Lipinski definition) is 2. The normalized spacial score (nSPS) is 14.8. The summed E-state index contributed by atoms with van der Waals surface area (Å²) in [6.45, 7) is 3.41. The number of phenolic OH excluding ortho intramolecular Hbond substituents is 1. The van der Waals surface area contributed by atoms with Crippen molar-refractivity contribution in [2.75, 3.05) is 18.4 Å². The molecule has 2 N–H and O–H groups in total. The fraction of sp³-hybridized carbons (Fsp3) is 0.300. The van der Waals surface area contributed by atoms with Crippen molar-refractivity contribution in [2.24, 2.45) is 0 Å². The highest BCUT2D eigenvalue weighted by atomic mass is 16.3. The minimum Gasteiger partial charge on any atom is -0.507 e. The van der Waals surface area contributed by atoms with E-state index >= 15 is 0 Å². The van der Waals surface area contributed by atoms with Gasteiger partial charge in [-0.3, -0.25) is 4.79 Å². The zero-order valence-electron chi connectivity index (χ0n) is 14.2. The number of benzene rings is 2. The Morgan fingerprint density at radius 3 is 2.64 bits per heavy atom. The van der Waals surface area contributed by atoms with E-state index < -0.39 is 0 Å². The minimum absolute atomic E-state index is 0.103. The molecule has 1 heterocycles. The first kappa shape index (κ1) is 16.8. The third kappa shape index (κ3) is 3.92. The van der Waals surface area contributed by atoms with Gasteiger partial charge in [0.25, 0.3) is 5.91 Å². The van der Waals surface area contributed by atoms with Crippen molar-refractivity contribution in [1.29, 1.82) is 5.26 Å². The number of phenols is 1. The standard InChI is InChI=1S/C20H21N3O2/c1-14-3-2-4-18(11-14)22-17-7-9-23(10-8-17)20(25)15-5-6-16(13-21)19(24)12-15/h2-6,11-12,17,22,24H,7-10H2,1H3. The molecule has 1 amide bonds. The first-order valence-electron chi connectivity index (χ1n) is 8.42. The summed E-state index contributed by atoms with van der Waals surface area (Å²) in [4.78, 5) is 14.4. The maximum Gasteiger partial charge on any atom is 0.253 e. The van der Waals surface area contributed by atoms with Gasteiger partial charge in [-0.1, -0.05) is 12.1 Å². The van der Waals surface area contributed by atoms with Gasteiger partial charge in [0.1, 0.15) is 11.8 Å². The van der Waals surface area contributed by atoms with Crippen molar-refractivity contribution in [3.63, 3.8) is 0 Å². The van der Waals surface area contributed by atoms with Crippen LogP contribution in [0.1, 0.15) is 34.3 Å². The molecule has 25 heavy (non-hydrogen) atoms. The molecule has 0 spiro atoms. The second-order valence-corrected chi connectivity index (χ2v) is 6.42. The average molecular weight is 335 g/mol. The minimum atomic E-state index is -0.149. The van der Waals surface area contributed by atoms with Crippen molar-refractivity contribution < 1.29 is 9.90 Å². The van der Waals surface area contributed by atoms with Crippen molar-refractivity contribution in [3.8, 4) is 11.8 Å². The second kappa shape index (κ2) is 7.27. The Balaban J connectivity index is 1.59.